The number of hydrogen-bond acceptors (Lipinski definition) is 5. The summed E-state index contributed by atoms with van der Waals surface area (Å²) >= 11 is 0. The third kappa shape index (κ3) is 3.56. The van der Waals surface area contributed by atoms with Crippen LogP contribution in [-0.2, 0) is 16.4 Å². The minimum Gasteiger partial charge on any atom is -0.308 e. The molecule has 1 amide bonds. The van der Waals surface area contributed by atoms with Gasteiger partial charge in [-0.3, -0.25) is 14.9 Å². The van der Waals surface area contributed by atoms with Crippen molar-refractivity contribution in [2.24, 2.45) is 0 Å². The molecule has 8 nitrogen and oxygen atoms in total. The zero-order valence-corrected chi connectivity index (χ0v) is 15.8. The highest BCUT2D eigenvalue weighted by atomic mass is 32.2. The number of amides is 1. The Morgan fingerprint density at radius 1 is 1.19 bits per heavy atom. The van der Waals surface area contributed by atoms with Crippen LogP contribution < -0.4 is 4.90 Å². The molecule has 0 spiro atoms. The first-order valence-corrected chi connectivity index (χ1v) is 9.77. The molecule has 0 bridgehead atoms. The third-order valence-electron chi connectivity index (χ3n) is 4.50. The molecule has 1 aliphatic heterocycles. The maximum absolute atomic E-state index is 13.0. The summed E-state index contributed by atoms with van der Waals surface area (Å²) in [5, 5.41) is 11.1. The normalized spacial score (nSPS) is 14.1. The summed E-state index contributed by atoms with van der Waals surface area (Å²) in [7, 11) is -0.828. The molecule has 0 N–H and O–H groups in total. The van der Waals surface area contributed by atoms with Crippen LogP contribution >= 0.6 is 0 Å². The fourth-order valence-corrected chi connectivity index (χ4v) is 3.99. The van der Waals surface area contributed by atoms with E-state index in [-0.39, 0.29) is 22.1 Å². The summed E-state index contributed by atoms with van der Waals surface area (Å²) < 4.78 is 25.7. The number of fused-ring (bicyclic) bond motifs is 1. The number of aryl methyl sites for hydroxylation is 1. The van der Waals surface area contributed by atoms with Gasteiger partial charge in [0.1, 0.15) is 0 Å². The van der Waals surface area contributed by atoms with Crippen molar-refractivity contribution in [3.63, 3.8) is 0 Å². The first-order chi connectivity index (χ1) is 12.7. The number of nitrogens with zero attached hydrogens (tertiary/aromatic N) is 3. The molecule has 9 heteroatoms. The van der Waals surface area contributed by atoms with Crippen molar-refractivity contribution in [3.8, 4) is 0 Å². The molecular formula is C18H19N3O5S. The third-order valence-corrected chi connectivity index (χ3v) is 6.31. The highest BCUT2D eigenvalue weighted by molar-refractivity contribution is 7.89. The lowest BCUT2D eigenvalue weighted by atomic mass is 10.00. The summed E-state index contributed by atoms with van der Waals surface area (Å²) in [6, 6.07) is 10.3. The van der Waals surface area contributed by atoms with E-state index in [1.54, 1.807) is 12.1 Å². The number of carbonyl (C=O) groups is 1. The van der Waals surface area contributed by atoms with Crippen LogP contribution in [0.25, 0.3) is 0 Å². The van der Waals surface area contributed by atoms with E-state index in [1.807, 2.05) is 0 Å². The molecule has 2 aromatic rings. The molecule has 0 fully saturated rings. The fourth-order valence-electron chi connectivity index (χ4n) is 3.04. The molecule has 0 atom stereocenters. The predicted octanol–water partition coefficient (Wildman–Crippen LogP) is 2.44. The predicted molar refractivity (Wildman–Crippen MR) is 100 cm³/mol. The molecule has 142 valence electrons. The monoisotopic (exact) mass is 389 g/mol. The molecule has 1 heterocycles. The Bertz CT molecular complexity index is 1020. The molecular weight excluding hydrogens is 370 g/mol. The minimum atomic E-state index is -3.67. The number of anilines is 1. The van der Waals surface area contributed by atoms with Crippen molar-refractivity contribution >= 4 is 27.3 Å². The largest absolute Gasteiger partial charge is 0.308 e. The van der Waals surface area contributed by atoms with E-state index in [0.29, 0.717) is 12.2 Å². The lowest BCUT2D eigenvalue weighted by Gasteiger charge is -2.29. The van der Waals surface area contributed by atoms with Gasteiger partial charge >= 0.3 is 0 Å². The van der Waals surface area contributed by atoms with Gasteiger partial charge in [0.2, 0.25) is 10.0 Å². The topological polar surface area (TPSA) is 101 Å². The number of nitro benzene ring substituents is 1. The molecule has 2 aromatic carbocycles. The Morgan fingerprint density at radius 3 is 2.59 bits per heavy atom. The molecule has 27 heavy (non-hydrogen) atoms. The lowest BCUT2D eigenvalue weighted by Crippen LogP contribution is -2.35. The van der Waals surface area contributed by atoms with E-state index in [4.69, 9.17) is 0 Å². The molecule has 0 saturated carbocycles. The molecule has 0 radical (unpaired) electrons. The van der Waals surface area contributed by atoms with E-state index in [9.17, 15) is 23.3 Å². The SMILES string of the molecule is CN(C)S(=O)(=O)c1cccc(C(=O)N2CCCc3ccc([N+](=O)[O-])cc32)c1. The average Bonchev–Trinajstić information content (AvgIpc) is 2.66. The highest BCUT2D eigenvalue weighted by Gasteiger charge is 2.27. The fraction of sp³-hybridized carbons (Fsp3) is 0.278. The molecule has 0 saturated heterocycles. The van der Waals surface area contributed by atoms with Gasteiger partial charge in [0.05, 0.1) is 15.5 Å². The highest BCUT2D eigenvalue weighted by Crippen LogP contribution is 2.32. The zero-order chi connectivity index (χ0) is 19.8. The molecule has 0 aromatic heterocycles. The summed E-state index contributed by atoms with van der Waals surface area (Å²) in [4.78, 5) is 25.1. The Hall–Kier alpha value is -2.78. The van der Waals surface area contributed by atoms with Gasteiger partial charge in [-0.15, -0.1) is 0 Å². The second-order valence-electron chi connectivity index (χ2n) is 6.45. The molecule has 3 rings (SSSR count). The van der Waals surface area contributed by atoms with Crippen LogP contribution in [0.1, 0.15) is 22.3 Å². The number of hydrogen-bond donors (Lipinski definition) is 0. The van der Waals surface area contributed by atoms with Crippen LogP contribution in [0.5, 0.6) is 0 Å². The summed E-state index contributed by atoms with van der Waals surface area (Å²) in [5.41, 5.74) is 1.49. The molecule has 1 aliphatic rings. The van der Waals surface area contributed by atoms with Crippen LogP contribution in [0.3, 0.4) is 0 Å². The maximum Gasteiger partial charge on any atom is 0.271 e. The van der Waals surface area contributed by atoms with Gasteiger partial charge in [-0.1, -0.05) is 12.1 Å². The van der Waals surface area contributed by atoms with Crippen molar-refractivity contribution in [3.05, 3.63) is 63.7 Å². The molecule has 0 unspecified atom stereocenters. The van der Waals surface area contributed by atoms with Crippen molar-refractivity contribution in [2.75, 3.05) is 25.5 Å². The Kier molecular flexibility index (Phi) is 4.99. The van der Waals surface area contributed by atoms with Gasteiger partial charge in [0.15, 0.2) is 0 Å². The number of sulfonamides is 1. The number of nitro groups is 1. The summed E-state index contributed by atoms with van der Waals surface area (Å²) in [6.07, 6.45) is 1.46. The number of carbonyl (C=O) groups excluding carboxylic acids is 1. The van der Waals surface area contributed by atoms with Crippen LogP contribution in [0.2, 0.25) is 0 Å². The smallest absolute Gasteiger partial charge is 0.271 e. The second kappa shape index (κ2) is 7.09. The lowest BCUT2D eigenvalue weighted by molar-refractivity contribution is -0.384. The quantitative estimate of drug-likeness (QED) is 0.590. The van der Waals surface area contributed by atoms with Crippen molar-refractivity contribution < 1.29 is 18.1 Å². The summed E-state index contributed by atoms with van der Waals surface area (Å²) in [5.74, 6) is -0.382. The Labute approximate surface area is 157 Å². The van der Waals surface area contributed by atoms with Crippen LogP contribution in [0.15, 0.2) is 47.4 Å². The summed E-state index contributed by atoms with van der Waals surface area (Å²) in [6.45, 7) is 0.414. The molecule has 0 aliphatic carbocycles. The number of non-ortho nitro benzene ring substituents is 1. The first kappa shape index (κ1) is 19.0. The van der Waals surface area contributed by atoms with E-state index >= 15 is 0 Å². The Morgan fingerprint density at radius 2 is 1.93 bits per heavy atom. The second-order valence-corrected chi connectivity index (χ2v) is 8.60. The van der Waals surface area contributed by atoms with E-state index in [0.717, 1.165) is 22.7 Å². The Balaban J connectivity index is 2.01. The van der Waals surface area contributed by atoms with Gasteiger partial charge in [0.25, 0.3) is 11.6 Å². The van der Waals surface area contributed by atoms with Crippen molar-refractivity contribution in [1.82, 2.24) is 4.31 Å². The van der Waals surface area contributed by atoms with E-state index in [1.165, 1.54) is 49.3 Å². The maximum atomic E-state index is 13.0. The number of benzene rings is 2. The minimum absolute atomic E-state index is 0.0228. The van der Waals surface area contributed by atoms with E-state index < -0.39 is 14.9 Å². The van der Waals surface area contributed by atoms with Gasteiger partial charge in [0, 0.05) is 38.3 Å². The zero-order valence-electron chi connectivity index (χ0n) is 15.0. The van der Waals surface area contributed by atoms with Gasteiger partial charge < -0.3 is 4.90 Å². The average molecular weight is 389 g/mol. The van der Waals surface area contributed by atoms with Crippen LogP contribution in [-0.4, -0.2) is 44.2 Å². The first-order valence-electron chi connectivity index (χ1n) is 8.33. The van der Waals surface area contributed by atoms with Crippen molar-refractivity contribution in [2.45, 2.75) is 17.7 Å². The van der Waals surface area contributed by atoms with E-state index in [2.05, 4.69) is 0 Å². The van der Waals surface area contributed by atoms with Crippen molar-refractivity contribution in [1.29, 1.82) is 0 Å². The van der Waals surface area contributed by atoms with Gasteiger partial charge in [-0.2, -0.15) is 0 Å². The van der Waals surface area contributed by atoms with Crippen LogP contribution in [0.4, 0.5) is 11.4 Å². The van der Waals surface area contributed by atoms with Crippen LogP contribution in [0, 0.1) is 10.1 Å². The van der Waals surface area contributed by atoms with Gasteiger partial charge in [-0.05, 0) is 36.6 Å². The van der Waals surface area contributed by atoms with Gasteiger partial charge in [-0.25, -0.2) is 12.7 Å². The number of rotatable bonds is 4. The standard InChI is InChI=1S/C18H19N3O5S/c1-19(2)27(25,26)16-7-3-5-14(11-16)18(22)20-10-4-6-13-8-9-15(21(23)24)12-17(13)20/h3,5,7-9,11-12H,4,6,10H2,1-2H3.